The molecule has 0 radical (unpaired) electrons. The SMILES string of the molecule is C=CC1CCN(c2ccc(C(F)(F)F)cc2S(=O)(=O)NC23CCN(CC2)CC3)CC1.O=C(O)C(F)(F)F. The third-order valence-corrected chi connectivity index (χ3v) is 8.71. The Balaban J connectivity index is 0.000000479. The van der Waals surface area contributed by atoms with E-state index in [9.17, 15) is 34.8 Å². The molecule has 4 heterocycles. The van der Waals surface area contributed by atoms with E-state index in [-0.39, 0.29) is 4.90 Å². The lowest BCUT2D eigenvalue weighted by atomic mass is 9.81. The molecule has 4 saturated heterocycles. The number of carboxylic acid groups (broad SMARTS) is 1. The Kier molecular flexibility index (Phi) is 8.54. The van der Waals surface area contributed by atoms with E-state index in [4.69, 9.17) is 9.90 Å². The molecule has 2 N–H and O–H groups in total. The number of rotatable bonds is 5. The van der Waals surface area contributed by atoms with Crippen LogP contribution in [0.15, 0.2) is 35.7 Å². The molecule has 1 aromatic carbocycles. The fourth-order valence-electron chi connectivity index (χ4n) is 4.86. The van der Waals surface area contributed by atoms with E-state index >= 15 is 0 Å². The highest BCUT2D eigenvalue weighted by molar-refractivity contribution is 7.89. The molecule has 2 bridgehead atoms. The fraction of sp³-hybridized carbons (Fsp3) is 0.609. The molecule has 0 spiro atoms. The Morgan fingerprint density at radius 1 is 1.03 bits per heavy atom. The molecule has 4 aliphatic heterocycles. The molecule has 208 valence electrons. The summed E-state index contributed by atoms with van der Waals surface area (Å²) in [5.41, 5.74) is -1.15. The summed E-state index contributed by atoms with van der Waals surface area (Å²) in [6, 6.07) is 3.09. The first-order valence-electron chi connectivity index (χ1n) is 11.7. The van der Waals surface area contributed by atoms with Gasteiger partial charge in [0.1, 0.15) is 4.90 Å². The van der Waals surface area contributed by atoms with Gasteiger partial charge in [-0.05, 0) is 75.9 Å². The summed E-state index contributed by atoms with van der Waals surface area (Å²) in [6.45, 7) is 7.42. The number of alkyl halides is 6. The molecule has 1 aromatic rings. The van der Waals surface area contributed by atoms with Crippen molar-refractivity contribution in [2.75, 3.05) is 37.6 Å². The lowest BCUT2D eigenvalue weighted by Gasteiger charge is -2.48. The molecule has 0 atom stereocenters. The van der Waals surface area contributed by atoms with E-state index < -0.39 is 39.4 Å². The van der Waals surface area contributed by atoms with Crippen LogP contribution in [0, 0.1) is 5.92 Å². The van der Waals surface area contributed by atoms with Gasteiger partial charge in [-0.3, -0.25) is 0 Å². The molecule has 4 fully saturated rings. The van der Waals surface area contributed by atoms with E-state index in [1.165, 1.54) is 6.07 Å². The number of allylic oxidation sites excluding steroid dienone is 1. The maximum atomic E-state index is 13.4. The van der Waals surface area contributed by atoms with Gasteiger partial charge in [-0.15, -0.1) is 6.58 Å². The Morgan fingerprint density at radius 3 is 1.97 bits per heavy atom. The molecular formula is C23H29F6N3O4S. The van der Waals surface area contributed by atoms with Crippen LogP contribution in [0.4, 0.5) is 32.0 Å². The van der Waals surface area contributed by atoms with Crippen molar-refractivity contribution in [1.82, 2.24) is 9.62 Å². The summed E-state index contributed by atoms with van der Waals surface area (Å²) in [5.74, 6) is -2.41. The van der Waals surface area contributed by atoms with Gasteiger partial charge in [0, 0.05) is 18.6 Å². The average molecular weight is 558 g/mol. The number of benzene rings is 1. The Labute approximate surface area is 211 Å². The van der Waals surface area contributed by atoms with E-state index in [0.29, 0.717) is 44.0 Å². The normalized spacial score (nSPS) is 24.8. The van der Waals surface area contributed by atoms with Crippen LogP contribution >= 0.6 is 0 Å². The Morgan fingerprint density at radius 2 is 1.54 bits per heavy atom. The summed E-state index contributed by atoms with van der Waals surface area (Å²) in [7, 11) is -4.12. The lowest BCUT2D eigenvalue weighted by molar-refractivity contribution is -0.192. The second kappa shape index (κ2) is 10.8. The topological polar surface area (TPSA) is 90.0 Å². The standard InChI is InChI=1S/C21H28F3N3O2S.C2HF3O2/c1-2-16-5-10-27(11-6-16)18-4-3-17(21(22,23)24)15-19(18)30(28,29)25-20-7-12-26(13-8-20)14-9-20;3-2(4,5)1(6)7/h2-4,15-16,25H,1,5-14H2;(H,6,7). The molecule has 7 nitrogen and oxygen atoms in total. The van der Waals surface area contributed by atoms with Crippen LogP contribution < -0.4 is 9.62 Å². The quantitative estimate of drug-likeness (QED) is 0.416. The number of hydrogen-bond acceptors (Lipinski definition) is 5. The second-order valence-electron chi connectivity index (χ2n) is 9.52. The van der Waals surface area contributed by atoms with E-state index in [2.05, 4.69) is 16.2 Å². The summed E-state index contributed by atoms with van der Waals surface area (Å²) in [4.78, 5) is 12.8. The molecule has 0 unspecified atom stereocenters. The smallest absolute Gasteiger partial charge is 0.475 e. The molecule has 0 aliphatic carbocycles. The molecular weight excluding hydrogens is 528 g/mol. The second-order valence-corrected chi connectivity index (χ2v) is 11.2. The van der Waals surface area contributed by atoms with Crippen LogP contribution in [0.25, 0.3) is 0 Å². The van der Waals surface area contributed by atoms with Crippen LogP contribution in [0.1, 0.15) is 37.7 Å². The molecule has 0 amide bonds. The minimum atomic E-state index is -5.08. The number of nitrogens with zero attached hydrogens (tertiary/aromatic N) is 2. The number of hydrogen-bond donors (Lipinski definition) is 2. The highest BCUT2D eigenvalue weighted by atomic mass is 32.2. The number of anilines is 1. The highest BCUT2D eigenvalue weighted by Crippen LogP contribution is 2.38. The van der Waals surface area contributed by atoms with Crippen molar-refractivity contribution >= 4 is 21.7 Å². The minimum absolute atomic E-state index is 0.267. The van der Waals surface area contributed by atoms with Gasteiger partial charge in [0.25, 0.3) is 0 Å². The summed E-state index contributed by atoms with van der Waals surface area (Å²) in [6.07, 6.45) is -4.14. The number of nitrogens with one attached hydrogen (secondary N) is 1. The highest BCUT2D eigenvalue weighted by Gasteiger charge is 2.43. The van der Waals surface area contributed by atoms with Crippen molar-refractivity contribution in [2.24, 2.45) is 5.92 Å². The summed E-state index contributed by atoms with van der Waals surface area (Å²) in [5, 5.41) is 7.12. The Bertz CT molecular complexity index is 1080. The summed E-state index contributed by atoms with van der Waals surface area (Å²) >= 11 is 0. The molecule has 0 aromatic heterocycles. The number of sulfonamides is 1. The predicted molar refractivity (Wildman–Crippen MR) is 124 cm³/mol. The van der Waals surface area contributed by atoms with Gasteiger partial charge in [-0.1, -0.05) is 6.08 Å². The molecule has 5 rings (SSSR count). The number of fused-ring (bicyclic) bond motifs is 3. The Hall–Kier alpha value is -2.32. The van der Waals surface area contributed by atoms with E-state index in [1.807, 2.05) is 11.0 Å². The number of halogens is 6. The van der Waals surface area contributed by atoms with Gasteiger partial charge in [-0.2, -0.15) is 26.3 Å². The van der Waals surface area contributed by atoms with Crippen molar-refractivity contribution in [3.05, 3.63) is 36.4 Å². The summed E-state index contributed by atoms with van der Waals surface area (Å²) < 4.78 is 102. The monoisotopic (exact) mass is 557 g/mol. The first-order chi connectivity index (χ1) is 17.1. The van der Waals surface area contributed by atoms with Gasteiger partial charge in [-0.25, -0.2) is 17.9 Å². The van der Waals surface area contributed by atoms with Crippen molar-refractivity contribution in [1.29, 1.82) is 0 Å². The van der Waals surface area contributed by atoms with E-state index in [1.54, 1.807) is 0 Å². The van der Waals surface area contributed by atoms with Crippen LogP contribution in [0.3, 0.4) is 0 Å². The minimum Gasteiger partial charge on any atom is -0.475 e. The van der Waals surface area contributed by atoms with Crippen LogP contribution in [0.2, 0.25) is 0 Å². The van der Waals surface area contributed by atoms with Crippen LogP contribution in [-0.4, -0.2) is 68.8 Å². The molecule has 0 saturated carbocycles. The van der Waals surface area contributed by atoms with Crippen molar-refractivity contribution in [3.63, 3.8) is 0 Å². The maximum absolute atomic E-state index is 13.4. The third-order valence-electron chi connectivity index (χ3n) is 7.10. The first-order valence-corrected chi connectivity index (χ1v) is 13.2. The zero-order valence-corrected chi connectivity index (χ0v) is 20.7. The lowest BCUT2D eigenvalue weighted by Crippen LogP contribution is -2.60. The van der Waals surface area contributed by atoms with Crippen LogP contribution in [-0.2, 0) is 21.0 Å². The zero-order valence-electron chi connectivity index (χ0n) is 19.9. The predicted octanol–water partition coefficient (Wildman–Crippen LogP) is 4.26. The van der Waals surface area contributed by atoms with E-state index in [0.717, 1.165) is 44.6 Å². The number of carboxylic acids is 1. The molecule has 37 heavy (non-hydrogen) atoms. The van der Waals surface area contributed by atoms with Crippen molar-refractivity contribution in [3.8, 4) is 0 Å². The van der Waals surface area contributed by atoms with Crippen molar-refractivity contribution in [2.45, 2.75) is 54.9 Å². The first kappa shape index (κ1) is 29.2. The van der Waals surface area contributed by atoms with Gasteiger partial charge < -0.3 is 14.9 Å². The number of carbonyl (C=O) groups is 1. The van der Waals surface area contributed by atoms with Crippen LogP contribution in [0.5, 0.6) is 0 Å². The molecule has 14 heteroatoms. The van der Waals surface area contributed by atoms with Gasteiger partial charge in [0.2, 0.25) is 10.0 Å². The van der Waals surface area contributed by atoms with Gasteiger partial charge >= 0.3 is 18.3 Å². The number of piperidine rings is 4. The van der Waals surface area contributed by atoms with Gasteiger partial charge in [0.05, 0.1) is 11.3 Å². The van der Waals surface area contributed by atoms with Crippen molar-refractivity contribution < 1.29 is 44.7 Å². The average Bonchev–Trinajstić information content (AvgIpc) is 2.83. The molecule has 4 aliphatic rings. The van der Waals surface area contributed by atoms with Gasteiger partial charge in [0.15, 0.2) is 0 Å². The maximum Gasteiger partial charge on any atom is 0.490 e. The number of aliphatic carboxylic acids is 1. The fourth-order valence-corrected chi connectivity index (χ4v) is 6.60. The zero-order chi connectivity index (χ0) is 27.6. The largest absolute Gasteiger partial charge is 0.490 e. The third kappa shape index (κ3) is 7.17.